The number of hydrogen-bond donors (Lipinski definition) is 0. The minimum atomic E-state index is 0.0828. The normalized spacial score (nSPS) is 24.2. The van der Waals surface area contributed by atoms with Crippen LogP contribution in [0.5, 0.6) is 11.5 Å². The van der Waals surface area contributed by atoms with Crippen molar-refractivity contribution in [2.24, 2.45) is 0 Å². The molecule has 0 aromatic heterocycles. The lowest BCUT2D eigenvalue weighted by molar-refractivity contribution is -0.108. The van der Waals surface area contributed by atoms with Crippen LogP contribution < -0.4 is 9.47 Å². The molecule has 116 valence electrons. The fourth-order valence-corrected chi connectivity index (χ4v) is 4.02. The molecule has 21 heavy (non-hydrogen) atoms. The molecule has 0 bridgehead atoms. The summed E-state index contributed by atoms with van der Waals surface area (Å²) in [4.78, 5) is 0. The van der Waals surface area contributed by atoms with Crippen LogP contribution in [-0.4, -0.2) is 25.4 Å². The molecule has 1 aliphatic carbocycles. The van der Waals surface area contributed by atoms with Crippen molar-refractivity contribution in [2.75, 3.05) is 13.7 Å². The highest BCUT2D eigenvalue weighted by Gasteiger charge is 2.41. The van der Waals surface area contributed by atoms with E-state index in [1.807, 2.05) is 12.1 Å². The summed E-state index contributed by atoms with van der Waals surface area (Å²) in [5.41, 5.74) is 1.22. The maximum absolute atomic E-state index is 6.35. The van der Waals surface area contributed by atoms with E-state index in [-0.39, 0.29) is 11.7 Å². The number of rotatable bonds is 4. The van der Waals surface area contributed by atoms with Crippen molar-refractivity contribution in [1.29, 1.82) is 0 Å². The van der Waals surface area contributed by atoms with E-state index < -0.39 is 0 Å². The summed E-state index contributed by atoms with van der Waals surface area (Å²) < 4.78 is 17.9. The van der Waals surface area contributed by atoms with Crippen molar-refractivity contribution >= 4 is 15.9 Å². The van der Waals surface area contributed by atoms with Crippen molar-refractivity contribution in [3.05, 3.63) is 23.8 Å². The minimum absolute atomic E-state index is 0.0828. The van der Waals surface area contributed by atoms with Gasteiger partial charge in [0.2, 0.25) is 0 Å². The van der Waals surface area contributed by atoms with Crippen LogP contribution in [0, 0.1) is 0 Å². The van der Waals surface area contributed by atoms with Gasteiger partial charge >= 0.3 is 0 Å². The fourth-order valence-electron chi connectivity index (χ4n) is 3.58. The van der Waals surface area contributed by atoms with E-state index in [0.717, 1.165) is 41.8 Å². The van der Waals surface area contributed by atoms with Gasteiger partial charge in [0.25, 0.3) is 0 Å². The Hall–Kier alpha value is -0.740. The van der Waals surface area contributed by atoms with Crippen LogP contribution >= 0.6 is 15.9 Å². The van der Waals surface area contributed by atoms with Gasteiger partial charge in [-0.05, 0) is 18.9 Å². The molecule has 4 heteroatoms. The first-order valence-corrected chi connectivity index (χ1v) is 8.91. The lowest BCUT2D eigenvalue weighted by Gasteiger charge is -2.38. The van der Waals surface area contributed by atoms with Gasteiger partial charge in [-0.25, -0.2) is 0 Å². The highest BCUT2D eigenvalue weighted by atomic mass is 79.9. The van der Waals surface area contributed by atoms with E-state index in [1.165, 1.54) is 25.7 Å². The molecule has 1 saturated carbocycles. The van der Waals surface area contributed by atoms with Crippen molar-refractivity contribution in [1.82, 2.24) is 0 Å². The molecule has 3 nitrogen and oxygen atoms in total. The van der Waals surface area contributed by atoms with Crippen LogP contribution in [0.1, 0.15) is 44.1 Å². The van der Waals surface area contributed by atoms with Gasteiger partial charge < -0.3 is 14.2 Å². The summed E-state index contributed by atoms with van der Waals surface area (Å²) in [6.45, 7) is 0.809. The minimum Gasteiger partial charge on any atom is -0.493 e. The van der Waals surface area contributed by atoms with Crippen LogP contribution in [0.4, 0.5) is 0 Å². The Morgan fingerprint density at radius 3 is 2.86 bits per heavy atom. The Morgan fingerprint density at radius 1 is 1.33 bits per heavy atom. The van der Waals surface area contributed by atoms with E-state index in [2.05, 4.69) is 22.0 Å². The molecule has 0 amide bonds. The SMILES string of the molecule is COc1cccc(CBr)c1OC1CCOC2(CCCC2)C1. The van der Waals surface area contributed by atoms with Crippen LogP contribution in [-0.2, 0) is 10.1 Å². The number of para-hydroxylation sites is 1. The standard InChI is InChI=1S/C17H23BrO3/c1-19-15-6-4-5-13(12-18)16(15)21-14-7-10-20-17(11-14)8-2-3-9-17/h4-6,14H,2-3,7-12H2,1H3. The number of benzene rings is 1. The third-order valence-corrected chi connectivity index (χ3v) is 5.28. The molecule has 2 aliphatic rings. The fraction of sp³-hybridized carbons (Fsp3) is 0.647. The van der Waals surface area contributed by atoms with Crippen LogP contribution in [0.2, 0.25) is 0 Å². The predicted molar refractivity (Wildman–Crippen MR) is 86.4 cm³/mol. The first kappa shape index (κ1) is 15.2. The maximum atomic E-state index is 6.35. The number of hydrogen-bond acceptors (Lipinski definition) is 3. The molecule has 1 atom stereocenters. The van der Waals surface area contributed by atoms with Crippen molar-refractivity contribution in [2.45, 2.75) is 55.6 Å². The molecular weight excluding hydrogens is 332 g/mol. The quantitative estimate of drug-likeness (QED) is 0.747. The summed E-state index contributed by atoms with van der Waals surface area (Å²) in [6.07, 6.45) is 7.14. The van der Waals surface area contributed by atoms with Crippen molar-refractivity contribution in [3.8, 4) is 11.5 Å². The first-order chi connectivity index (χ1) is 10.3. The monoisotopic (exact) mass is 354 g/mol. The van der Waals surface area contributed by atoms with Gasteiger partial charge in [-0.1, -0.05) is 40.9 Å². The first-order valence-electron chi connectivity index (χ1n) is 7.79. The average Bonchev–Trinajstić information content (AvgIpc) is 2.95. The van der Waals surface area contributed by atoms with Crippen LogP contribution in [0.15, 0.2) is 18.2 Å². The van der Waals surface area contributed by atoms with Gasteiger partial charge in [0, 0.05) is 23.7 Å². The molecule has 1 saturated heterocycles. The van der Waals surface area contributed by atoms with E-state index in [4.69, 9.17) is 14.2 Å². The van der Waals surface area contributed by atoms with E-state index in [0.29, 0.717) is 0 Å². The van der Waals surface area contributed by atoms with Gasteiger partial charge in [-0.15, -0.1) is 0 Å². The van der Waals surface area contributed by atoms with Gasteiger partial charge in [0.05, 0.1) is 19.3 Å². The highest BCUT2D eigenvalue weighted by molar-refractivity contribution is 9.08. The van der Waals surface area contributed by atoms with Gasteiger partial charge in [0.1, 0.15) is 6.10 Å². The molecule has 1 heterocycles. The summed E-state index contributed by atoms with van der Waals surface area (Å²) >= 11 is 3.54. The zero-order valence-electron chi connectivity index (χ0n) is 12.6. The summed E-state index contributed by atoms with van der Waals surface area (Å²) in [5.74, 6) is 1.70. The van der Waals surface area contributed by atoms with Gasteiger partial charge in [-0.2, -0.15) is 0 Å². The second-order valence-corrected chi connectivity index (χ2v) is 6.61. The largest absolute Gasteiger partial charge is 0.493 e. The summed E-state index contributed by atoms with van der Waals surface area (Å²) in [7, 11) is 1.70. The highest BCUT2D eigenvalue weighted by Crippen LogP contribution is 2.42. The Labute approximate surface area is 135 Å². The van der Waals surface area contributed by atoms with Crippen molar-refractivity contribution in [3.63, 3.8) is 0 Å². The van der Waals surface area contributed by atoms with Gasteiger partial charge in [0.15, 0.2) is 11.5 Å². The second-order valence-electron chi connectivity index (χ2n) is 6.05. The van der Waals surface area contributed by atoms with E-state index in [9.17, 15) is 0 Å². The van der Waals surface area contributed by atoms with E-state index in [1.54, 1.807) is 7.11 Å². The number of halogens is 1. The Balaban J connectivity index is 1.77. The Kier molecular flexibility index (Phi) is 4.75. The summed E-state index contributed by atoms with van der Waals surface area (Å²) in [6, 6.07) is 6.05. The third kappa shape index (κ3) is 3.21. The average molecular weight is 355 g/mol. The molecule has 1 aliphatic heterocycles. The Morgan fingerprint density at radius 2 is 2.14 bits per heavy atom. The molecule has 1 spiro atoms. The number of alkyl halides is 1. The van der Waals surface area contributed by atoms with Crippen molar-refractivity contribution < 1.29 is 14.2 Å². The lowest BCUT2D eigenvalue weighted by atomic mass is 9.90. The Bertz CT molecular complexity index is 461. The van der Waals surface area contributed by atoms with Gasteiger partial charge in [-0.3, -0.25) is 0 Å². The second kappa shape index (κ2) is 6.57. The molecule has 2 fully saturated rings. The smallest absolute Gasteiger partial charge is 0.165 e. The molecule has 1 aromatic rings. The lowest BCUT2D eigenvalue weighted by Crippen LogP contribution is -2.41. The van der Waals surface area contributed by atoms with Crippen LogP contribution in [0.3, 0.4) is 0 Å². The molecule has 1 unspecified atom stereocenters. The molecule has 1 aromatic carbocycles. The maximum Gasteiger partial charge on any atom is 0.165 e. The zero-order chi connectivity index (χ0) is 14.7. The molecular formula is C17H23BrO3. The topological polar surface area (TPSA) is 27.7 Å². The summed E-state index contributed by atoms with van der Waals surface area (Å²) in [5, 5.41) is 0.772. The van der Waals surface area contributed by atoms with E-state index >= 15 is 0 Å². The zero-order valence-corrected chi connectivity index (χ0v) is 14.2. The molecule has 0 radical (unpaired) electrons. The number of methoxy groups -OCH3 is 1. The molecule has 0 N–H and O–H groups in total. The third-order valence-electron chi connectivity index (χ3n) is 4.67. The molecule has 3 rings (SSSR count). The number of ether oxygens (including phenoxy) is 3. The predicted octanol–water partition coefficient (Wildman–Crippen LogP) is 4.46. The van der Waals surface area contributed by atoms with Crippen LogP contribution in [0.25, 0.3) is 0 Å².